The van der Waals surface area contributed by atoms with Crippen LogP contribution in [0.5, 0.6) is 0 Å². The van der Waals surface area contributed by atoms with Crippen LogP contribution in [0.2, 0.25) is 0 Å². The van der Waals surface area contributed by atoms with Crippen molar-refractivity contribution in [1.82, 2.24) is 9.97 Å². The zero-order valence-corrected chi connectivity index (χ0v) is 11.7. The molecule has 3 nitrogen and oxygen atoms in total. The predicted molar refractivity (Wildman–Crippen MR) is 71.9 cm³/mol. The summed E-state index contributed by atoms with van der Waals surface area (Å²) in [4.78, 5) is 8.11. The lowest BCUT2D eigenvalue weighted by Gasteiger charge is -2.09. The molecule has 0 unspecified atom stereocenters. The Morgan fingerprint density at radius 1 is 1.19 bits per heavy atom. The average molecular weight is 343 g/mol. The fourth-order valence-corrected chi connectivity index (χ4v) is 1.96. The number of aryl methyl sites for hydroxylation is 1. The van der Waals surface area contributed by atoms with Crippen molar-refractivity contribution in [1.29, 1.82) is 0 Å². The Labute approximate surface area is 111 Å². The third-order valence-corrected chi connectivity index (χ3v) is 3.57. The van der Waals surface area contributed by atoms with Crippen LogP contribution < -0.4 is 5.32 Å². The van der Waals surface area contributed by atoms with Gasteiger partial charge in [0.15, 0.2) is 0 Å². The van der Waals surface area contributed by atoms with Gasteiger partial charge in [0.05, 0.1) is 5.69 Å². The van der Waals surface area contributed by atoms with Gasteiger partial charge in [0.25, 0.3) is 0 Å². The summed E-state index contributed by atoms with van der Waals surface area (Å²) in [6.45, 7) is 2.05. The maximum absolute atomic E-state index is 4.13. The zero-order chi connectivity index (χ0) is 11.5. The summed E-state index contributed by atoms with van der Waals surface area (Å²) in [5.41, 5.74) is 2.17. The summed E-state index contributed by atoms with van der Waals surface area (Å²) in [6, 6.07) is 7.87. The van der Waals surface area contributed by atoms with E-state index in [4.69, 9.17) is 0 Å². The van der Waals surface area contributed by atoms with E-state index in [0.29, 0.717) is 0 Å². The first-order valence-electron chi connectivity index (χ1n) is 4.66. The maximum atomic E-state index is 4.13. The summed E-state index contributed by atoms with van der Waals surface area (Å²) >= 11 is 6.84. The van der Waals surface area contributed by atoms with Crippen LogP contribution in [-0.4, -0.2) is 9.97 Å². The molecule has 0 atom stereocenters. The Hall–Kier alpha value is -0.940. The predicted octanol–water partition coefficient (Wildman–Crippen LogP) is 4.05. The molecule has 0 aliphatic rings. The first-order chi connectivity index (χ1) is 7.66. The Morgan fingerprint density at radius 2 is 2.00 bits per heavy atom. The van der Waals surface area contributed by atoms with Gasteiger partial charge in [0.1, 0.15) is 16.7 Å². The number of rotatable bonds is 2. The van der Waals surface area contributed by atoms with Crippen molar-refractivity contribution < 1.29 is 0 Å². The van der Waals surface area contributed by atoms with Crippen LogP contribution in [0.15, 0.2) is 39.7 Å². The fraction of sp³-hybridized carbons (Fsp3) is 0.0909. The van der Waals surface area contributed by atoms with Crippen LogP contribution in [0.3, 0.4) is 0 Å². The third kappa shape index (κ3) is 2.59. The Balaban J connectivity index is 2.31. The SMILES string of the molecule is Cc1cccc(Nc2cc(Br)ncn2)c1Br. The second-order valence-electron chi connectivity index (χ2n) is 3.29. The van der Waals surface area contributed by atoms with Crippen LogP contribution in [0.4, 0.5) is 11.5 Å². The summed E-state index contributed by atoms with van der Waals surface area (Å²) in [7, 11) is 0. The smallest absolute Gasteiger partial charge is 0.134 e. The second-order valence-corrected chi connectivity index (χ2v) is 4.89. The number of hydrogen-bond acceptors (Lipinski definition) is 3. The molecule has 0 aliphatic carbocycles. The van der Waals surface area contributed by atoms with Crippen LogP contribution >= 0.6 is 31.9 Å². The lowest BCUT2D eigenvalue weighted by atomic mass is 10.2. The molecule has 1 aromatic carbocycles. The van der Waals surface area contributed by atoms with E-state index >= 15 is 0 Å². The van der Waals surface area contributed by atoms with E-state index in [1.807, 2.05) is 31.2 Å². The fourth-order valence-electron chi connectivity index (χ4n) is 1.28. The normalized spacial score (nSPS) is 10.2. The number of halogens is 2. The number of nitrogens with zero attached hydrogens (tertiary/aromatic N) is 2. The highest BCUT2D eigenvalue weighted by atomic mass is 79.9. The molecular formula is C11H9Br2N3. The van der Waals surface area contributed by atoms with Crippen LogP contribution in [0.25, 0.3) is 0 Å². The van der Waals surface area contributed by atoms with E-state index in [9.17, 15) is 0 Å². The van der Waals surface area contributed by atoms with Crippen molar-refractivity contribution >= 4 is 43.4 Å². The number of benzene rings is 1. The Morgan fingerprint density at radius 3 is 2.75 bits per heavy atom. The molecule has 82 valence electrons. The number of hydrogen-bond donors (Lipinski definition) is 1. The lowest BCUT2D eigenvalue weighted by Crippen LogP contribution is -1.95. The summed E-state index contributed by atoms with van der Waals surface area (Å²) in [5, 5.41) is 3.23. The van der Waals surface area contributed by atoms with Gasteiger partial charge in [-0.2, -0.15) is 0 Å². The molecule has 2 rings (SSSR count). The largest absolute Gasteiger partial charge is 0.339 e. The van der Waals surface area contributed by atoms with Gasteiger partial charge in [-0.3, -0.25) is 0 Å². The molecule has 2 aromatic rings. The van der Waals surface area contributed by atoms with Gasteiger partial charge >= 0.3 is 0 Å². The van der Waals surface area contributed by atoms with Crippen molar-refractivity contribution in [3.63, 3.8) is 0 Å². The third-order valence-electron chi connectivity index (χ3n) is 2.09. The molecule has 0 saturated carbocycles. The number of anilines is 2. The minimum Gasteiger partial charge on any atom is -0.339 e. The van der Waals surface area contributed by atoms with Crippen molar-refractivity contribution in [2.24, 2.45) is 0 Å². The highest BCUT2D eigenvalue weighted by Gasteiger charge is 2.03. The monoisotopic (exact) mass is 341 g/mol. The van der Waals surface area contributed by atoms with E-state index in [1.54, 1.807) is 0 Å². The van der Waals surface area contributed by atoms with Crippen LogP contribution in [0, 0.1) is 6.92 Å². The molecule has 1 heterocycles. The van der Waals surface area contributed by atoms with Gasteiger partial charge in [0.2, 0.25) is 0 Å². The average Bonchev–Trinajstić information content (AvgIpc) is 2.25. The van der Waals surface area contributed by atoms with Gasteiger partial charge in [-0.1, -0.05) is 12.1 Å². The quantitative estimate of drug-likeness (QED) is 0.836. The molecule has 16 heavy (non-hydrogen) atoms. The highest BCUT2D eigenvalue weighted by molar-refractivity contribution is 9.10. The van der Waals surface area contributed by atoms with E-state index in [0.717, 1.165) is 20.6 Å². The molecule has 1 aromatic heterocycles. The van der Waals surface area contributed by atoms with Gasteiger partial charge in [-0.05, 0) is 50.4 Å². The van der Waals surface area contributed by atoms with Gasteiger partial charge < -0.3 is 5.32 Å². The molecule has 1 N–H and O–H groups in total. The standard InChI is InChI=1S/C11H9Br2N3/c1-7-3-2-4-8(11(7)13)16-10-5-9(12)14-6-15-10/h2-6H,1H3,(H,14,15,16). The van der Waals surface area contributed by atoms with Crippen molar-refractivity contribution in [2.45, 2.75) is 6.92 Å². The van der Waals surface area contributed by atoms with E-state index in [-0.39, 0.29) is 0 Å². The maximum Gasteiger partial charge on any atom is 0.134 e. The summed E-state index contributed by atoms with van der Waals surface area (Å²) in [5.74, 6) is 0.758. The highest BCUT2D eigenvalue weighted by Crippen LogP contribution is 2.28. The van der Waals surface area contributed by atoms with Crippen molar-refractivity contribution in [3.05, 3.63) is 45.2 Å². The molecule has 0 fully saturated rings. The van der Waals surface area contributed by atoms with Gasteiger partial charge in [0, 0.05) is 10.5 Å². The molecule has 0 spiro atoms. The first kappa shape index (κ1) is 11.5. The van der Waals surface area contributed by atoms with Gasteiger partial charge in [-0.15, -0.1) is 0 Å². The minimum absolute atomic E-state index is 0.758. The van der Waals surface area contributed by atoms with E-state index < -0.39 is 0 Å². The number of aromatic nitrogens is 2. The van der Waals surface area contributed by atoms with Crippen LogP contribution in [0.1, 0.15) is 5.56 Å². The second kappa shape index (κ2) is 4.93. The molecule has 0 saturated heterocycles. The molecule has 0 aliphatic heterocycles. The van der Waals surface area contributed by atoms with Gasteiger partial charge in [-0.25, -0.2) is 9.97 Å². The zero-order valence-electron chi connectivity index (χ0n) is 8.54. The number of nitrogens with one attached hydrogen (secondary N) is 1. The molecular weight excluding hydrogens is 334 g/mol. The van der Waals surface area contributed by atoms with Crippen LogP contribution in [-0.2, 0) is 0 Å². The Bertz CT molecular complexity index is 514. The Kier molecular flexibility index (Phi) is 3.56. The molecule has 5 heteroatoms. The topological polar surface area (TPSA) is 37.8 Å². The van der Waals surface area contributed by atoms with E-state index in [2.05, 4.69) is 47.1 Å². The summed E-state index contributed by atoms with van der Waals surface area (Å²) < 4.78 is 1.80. The van der Waals surface area contributed by atoms with E-state index in [1.165, 1.54) is 11.9 Å². The van der Waals surface area contributed by atoms with Crippen molar-refractivity contribution in [2.75, 3.05) is 5.32 Å². The first-order valence-corrected chi connectivity index (χ1v) is 6.25. The van der Waals surface area contributed by atoms with Crippen molar-refractivity contribution in [3.8, 4) is 0 Å². The molecule has 0 bridgehead atoms. The summed E-state index contributed by atoms with van der Waals surface area (Å²) in [6.07, 6.45) is 1.51. The minimum atomic E-state index is 0.758. The molecule has 0 radical (unpaired) electrons. The lowest BCUT2D eigenvalue weighted by molar-refractivity contribution is 1.14. The molecule has 0 amide bonds.